The van der Waals surface area contributed by atoms with Crippen LogP contribution in [0.2, 0.25) is 0 Å². The highest BCUT2D eigenvalue weighted by atomic mass is 16.5. The number of rotatable bonds is 6. The Morgan fingerprint density at radius 2 is 1.75 bits per heavy atom. The molecule has 0 bridgehead atoms. The quantitative estimate of drug-likeness (QED) is 0.684. The molecule has 0 aliphatic rings. The topological polar surface area (TPSA) is 89.7 Å². The van der Waals surface area contributed by atoms with Crippen LogP contribution in [0.5, 0.6) is 11.5 Å². The summed E-state index contributed by atoms with van der Waals surface area (Å²) in [5.74, 6) is 1.15. The predicted octanol–water partition coefficient (Wildman–Crippen LogP) is 3.37. The van der Waals surface area contributed by atoms with Crippen LogP contribution < -0.4 is 20.5 Å². The van der Waals surface area contributed by atoms with Crippen LogP contribution in [-0.4, -0.2) is 37.2 Å². The minimum atomic E-state index is -0.234. The van der Waals surface area contributed by atoms with Gasteiger partial charge >= 0.3 is 6.03 Å². The van der Waals surface area contributed by atoms with Gasteiger partial charge in [0, 0.05) is 30.9 Å². The number of urea groups is 1. The van der Waals surface area contributed by atoms with Crippen LogP contribution in [0.25, 0.3) is 10.8 Å². The Morgan fingerprint density at radius 1 is 1.11 bits per heavy atom. The lowest BCUT2D eigenvalue weighted by Crippen LogP contribution is -2.31. The number of nitrogens with two attached hydrogens (primary N) is 1. The predicted molar refractivity (Wildman–Crippen MR) is 110 cm³/mol. The molecule has 7 heteroatoms. The molecule has 0 saturated heterocycles. The van der Waals surface area contributed by atoms with E-state index in [0.717, 1.165) is 16.3 Å². The average Bonchev–Trinajstić information content (AvgIpc) is 2.73. The van der Waals surface area contributed by atoms with E-state index >= 15 is 0 Å². The van der Waals surface area contributed by atoms with Gasteiger partial charge in [-0.15, -0.1) is 0 Å². The molecule has 2 amide bonds. The molecule has 3 rings (SSSR count). The van der Waals surface area contributed by atoms with Gasteiger partial charge in [0.1, 0.15) is 0 Å². The largest absolute Gasteiger partial charge is 0.493 e. The number of benzene rings is 2. The Kier molecular flexibility index (Phi) is 5.96. The van der Waals surface area contributed by atoms with Gasteiger partial charge in [0.15, 0.2) is 11.5 Å². The van der Waals surface area contributed by atoms with Crippen molar-refractivity contribution >= 4 is 22.5 Å². The van der Waals surface area contributed by atoms with Gasteiger partial charge in [-0.1, -0.05) is 30.3 Å². The third-order valence-corrected chi connectivity index (χ3v) is 4.52. The molecule has 3 N–H and O–H groups in total. The second-order valence-electron chi connectivity index (χ2n) is 6.35. The van der Waals surface area contributed by atoms with E-state index in [1.165, 1.54) is 0 Å². The molecule has 0 fully saturated rings. The van der Waals surface area contributed by atoms with Crippen molar-refractivity contribution in [2.24, 2.45) is 5.73 Å². The number of anilines is 1. The number of fused-ring (bicyclic) bond motifs is 1. The molecule has 28 heavy (non-hydrogen) atoms. The number of pyridine rings is 1. The summed E-state index contributed by atoms with van der Waals surface area (Å²) in [5, 5.41) is 4.53. The van der Waals surface area contributed by atoms with Gasteiger partial charge in [-0.3, -0.25) is 4.98 Å². The van der Waals surface area contributed by atoms with Crippen LogP contribution in [0.15, 0.2) is 48.7 Å². The summed E-state index contributed by atoms with van der Waals surface area (Å²) in [6, 6.07) is 13.2. The van der Waals surface area contributed by atoms with E-state index in [4.69, 9.17) is 15.2 Å². The molecule has 0 spiro atoms. The van der Waals surface area contributed by atoms with E-state index in [9.17, 15) is 4.79 Å². The van der Waals surface area contributed by atoms with Crippen molar-refractivity contribution in [1.82, 2.24) is 9.88 Å². The Morgan fingerprint density at radius 3 is 2.36 bits per heavy atom. The van der Waals surface area contributed by atoms with Gasteiger partial charge in [-0.2, -0.15) is 0 Å². The van der Waals surface area contributed by atoms with E-state index in [1.54, 1.807) is 32.4 Å². The SMILES string of the molecule is COc1cc2c(NC(=O)N(C)Cc3ccccc3)cnc(CN)c2cc1OC. The first kappa shape index (κ1) is 19.4. The smallest absolute Gasteiger partial charge is 0.321 e. The zero-order valence-electron chi connectivity index (χ0n) is 16.2. The van der Waals surface area contributed by atoms with Crippen LogP contribution in [0.3, 0.4) is 0 Å². The van der Waals surface area contributed by atoms with Gasteiger partial charge in [0.2, 0.25) is 0 Å². The van der Waals surface area contributed by atoms with Gasteiger partial charge in [0.25, 0.3) is 0 Å². The van der Waals surface area contributed by atoms with Crippen molar-refractivity contribution < 1.29 is 14.3 Å². The summed E-state index contributed by atoms with van der Waals surface area (Å²) in [6.07, 6.45) is 1.62. The third kappa shape index (κ3) is 3.99. The van der Waals surface area contributed by atoms with Crippen molar-refractivity contribution in [3.8, 4) is 11.5 Å². The Hall–Kier alpha value is -3.32. The molecular weight excluding hydrogens is 356 g/mol. The fourth-order valence-corrected chi connectivity index (χ4v) is 3.02. The Balaban J connectivity index is 1.92. The van der Waals surface area contributed by atoms with Crippen LogP contribution >= 0.6 is 0 Å². The highest BCUT2D eigenvalue weighted by molar-refractivity contribution is 6.03. The molecule has 0 radical (unpaired) electrons. The Labute approximate surface area is 164 Å². The molecule has 3 aromatic rings. The van der Waals surface area contributed by atoms with Crippen LogP contribution in [0.4, 0.5) is 10.5 Å². The van der Waals surface area contributed by atoms with E-state index in [1.807, 2.05) is 42.5 Å². The fourth-order valence-electron chi connectivity index (χ4n) is 3.02. The van der Waals surface area contributed by atoms with Crippen LogP contribution in [0.1, 0.15) is 11.3 Å². The van der Waals surface area contributed by atoms with E-state index < -0.39 is 0 Å². The first-order chi connectivity index (χ1) is 13.6. The maximum atomic E-state index is 12.7. The number of nitrogens with zero attached hydrogens (tertiary/aromatic N) is 2. The molecule has 146 valence electrons. The maximum Gasteiger partial charge on any atom is 0.321 e. The zero-order chi connectivity index (χ0) is 20.1. The number of nitrogens with one attached hydrogen (secondary N) is 1. The number of carbonyl (C=O) groups excluding carboxylic acids is 1. The molecule has 0 unspecified atom stereocenters. The number of amides is 2. The summed E-state index contributed by atoms with van der Waals surface area (Å²) >= 11 is 0. The summed E-state index contributed by atoms with van der Waals surface area (Å²) in [4.78, 5) is 18.7. The lowest BCUT2D eigenvalue weighted by Gasteiger charge is -2.19. The van der Waals surface area contributed by atoms with Gasteiger partial charge in [-0.25, -0.2) is 4.79 Å². The standard InChI is InChI=1S/C21H24N4O3/c1-25(13-14-7-5-4-6-8-14)21(26)24-18-12-23-17(11-22)15-9-19(27-2)20(28-3)10-16(15)18/h4-10,12H,11,13,22H2,1-3H3,(H,24,26). The van der Waals surface area contributed by atoms with Crippen molar-refractivity contribution in [3.63, 3.8) is 0 Å². The highest BCUT2D eigenvalue weighted by Crippen LogP contribution is 2.36. The minimum Gasteiger partial charge on any atom is -0.493 e. The molecule has 0 aliphatic heterocycles. The van der Waals surface area contributed by atoms with Crippen molar-refractivity contribution in [3.05, 3.63) is 59.9 Å². The number of methoxy groups -OCH3 is 2. The molecular formula is C21H24N4O3. The number of ether oxygens (including phenoxy) is 2. The lowest BCUT2D eigenvalue weighted by atomic mass is 10.1. The summed E-state index contributed by atoms with van der Waals surface area (Å²) in [7, 11) is 4.89. The van der Waals surface area contributed by atoms with Gasteiger partial charge in [0.05, 0.1) is 31.8 Å². The first-order valence-electron chi connectivity index (χ1n) is 8.87. The highest BCUT2D eigenvalue weighted by Gasteiger charge is 2.16. The summed E-state index contributed by atoms with van der Waals surface area (Å²) < 4.78 is 10.8. The average molecular weight is 380 g/mol. The summed E-state index contributed by atoms with van der Waals surface area (Å²) in [6.45, 7) is 0.768. The van der Waals surface area contributed by atoms with Crippen molar-refractivity contribution in [2.75, 3.05) is 26.6 Å². The molecule has 2 aromatic carbocycles. The molecule has 0 aliphatic carbocycles. The monoisotopic (exact) mass is 380 g/mol. The van der Waals surface area contributed by atoms with Gasteiger partial charge < -0.3 is 25.4 Å². The third-order valence-electron chi connectivity index (χ3n) is 4.52. The molecule has 0 saturated carbocycles. The molecule has 1 heterocycles. The van der Waals surface area contributed by atoms with Crippen LogP contribution in [-0.2, 0) is 13.1 Å². The van der Waals surface area contributed by atoms with Gasteiger partial charge in [-0.05, 0) is 17.7 Å². The first-order valence-corrected chi connectivity index (χ1v) is 8.87. The van der Waals surface area contributed by atoms with Crippen molar-refractivity contribution in [2.45, 2.75) is 13.1 Å². The van der Waals surface area contributed by atoms with E-state index in [0.29, 0.717) is 29.4 Å². The maximum absolute atomic E-state index is 12.7. The molecule has 1 aromatic heterocycles. The van der Waals surface area contributed by atoms with Crippen LogP contribution in [0, 0.1) is 0 Å². The second-order valence-corrected chi connectivity index (χ2v) is 6.35. The second kappa shape index (κ2) is 8.58. The van der Waals surface area contributed by atoms with E-state index in [-0.39, 0.29) is 12.6 Å². The Bertz CT molecular complexity index is 976. The lowest BCUT2D eigenvalue weighted by molar-refractivity contribution is 0.220. The normalized spacial score (nSPS) is 10.6. The zero-order valence-corrected chi connectivity index (χ0v) is 16.2. The number of aromatic nitrogens is 1. The molecule has 0 atom stereocenters. The number of hydrogen-bond acceptors (Lipinski definition) is 5. The van der Waals surface area contributed by atoms with E-state index in [2.05, 4.69) is 10.3 Å². The molecule has 7 nitrogen and oxygen atoms in total. The fraction of sp³-hybridized carbons (Fsp3) is 0.238. The van der Waals surface area contributed by atoms with Crippen molar-refractivity contribution in [1.29, 1.82) is 0 Å². The minimum absolute atomic E-state index is 0.234. The summed E-state index contributed by atoms with van der Waals surface area (Å²) in [5.41, 5.74) is 8.18. The number of hydrogen-bond donors (Lipinski definition) is 2. The number of carbonyl (C=O) groups is 1.